The maximum Gasteiger partial charge on any atom is -0.0152 e. The molecular formula is C14H16. The molecule has 0 N–H and O–H groups in total. The molecule has 0 bridgehead atoms. The van der Waals surface area contributed by atoms with Crippen molar-refractivity contribution < 1.29 is 0 Å². The molecule has 0 heteroatoms. The van der Waals surface area contributed by atoms with Crippen LogP contribution in [-0.4, -0.2) is 0 Å². The Morgan fingerprint density at radius 1 is 1.00 bits per heavy atom. The highest BCUT2D eigenvalue weighted by molar-refractivity contribution is 5.70. The van der Waals surface area contributed by atoms with Gasteiger partial charge in [0.25, 0.3) is 0 Å². The third-order valence-corrected chi connectivity index (χ3v) is 2.79. The Labute approximate surface area is 85.9 Å². The predicted molar refractivity (Wildman–Crippen MR) is 61.9 cm³/mol. The molecule has 0 aromatic rings. The van der Waals surface area contributed by atoms with Crippen LogP contribution in [0.5, 0.6) is 0 Å². The van der Waals surface area contributed by atoms with E-state index in [2.05, 4.69) is 57.2 Å². The van der Waals surface area contributed by atoms with Crippen molar-refractivity contribution in [2.75, 3.05) is 0 Å². The minimum Gasteiger partial charge on any atom is -0.0614 e. The lowest BCUT2D eigenvalue weighted by Gasteiger charge is -2.02. The van der Waals surface area contributed by atoms with Gasteiger partial charge in [-0.3, -0.25) is 0 Å². The van der Waals surface area contributed by atoms with Crippen LogP contribution in [0.1, 0.15) is 30.9 Å². The van der Waals surface area contributed by atoms with Crippen molar-refractivity contribution in [1.29, 1.82) is 0 Å². The second-order valence-electron chi connectivity index (χ2n) is 4.21. The largest absolute Gasteiger partial charge is 0.0614 e. The van der Waals surface area contributed by atoms with Gasteiger partial charge in [-0.25, -0.2) is 0 Å². The topological polar surface area (TPSA) is 0 Å². The fourth-order valence-electron chi connectivity index (χ4n) is 1.80. The predicted octanol–water partition coefficient (Wildman–Crippen LogP) is 4.22. The van der Waals surface area contributed by atoms with Crippen LogP contribution in [0.15, 0.2) is 36.4 Å². The minimum atomic E-state index is 0.597. The van der Waals surface area contributed by atoms with Crippen molar-refractivity contribution in [3.05, 3.63) is 47.5 Å². The van der Waals surface area contributed by atoms with Gasteiger partial charge in [-0.2, -0.15) is 0 Å². The molecule has 0 aliphatic heterocycles. The molecule has 0 amide bonds. The van der Waals surface area contributed by atoms with Crippen LogP contribution in [0, 0.1) is 6.92 Å². The van der Waals surface area contributed by atoms with Crippen LogP contribution >= 0.6 is 0 Å². The van der Waals surface area contributed by atoms with E-state index in [0.717, 1.165) is 0 Å². The Hall–Kier alpha value is -1.30. The van der Waals surface area contributed by atoms with Crippen molar-refractivity contribution in [2.45, 2.75) is 26.7 Å². The van der Waals surface area contributed by atoms with Crippen molar-refractivity contribution in [3.63, 3.8) is 0 Å². The summed E-state index contributed by atoms with van der Waals surface area (Å²) in [5.74, 6) is 0.597. The third-order valence-electron chi connectivity index (χ3n) is 2.79. The van der Waals surface area contributed by atoms with Gasteiger partial charge in [-0.15, -0.1) is 0 Å². The number of fused-ring (bicyclic) bond motifs is 1. The maximum atomic E-state index is 2.31. The summed E-state index contributed by atoms with van der Waals surface area (Å²) in [6.07, 6.45) is 0. The zero-order valence-corrected chi connectivity index (χ0v) is 9.04. The van der Waals surface area contributed by atoms with E-state index in [1.165, 1.54) is 22.3 Å². The highest BCUT2D eigenvalue weighted by atomic mass is 14.1. The van der Waals surface area contributed by atoms with Crippen LogP contribution in [0.3, 0.4) is 0 Å². The second-order valence-corrected chi connectivity index (χ2v) is 4.21. The molecule has 2 aliphatic carbocycles. The van der Waals surface area contributed by atoms with Gasteiger partial charge in [-0.05, 0) is 35.1 Å². The molecule has 0 nitrogen and oxygen atoms in total. The van der Waals surface area contributed by atoms with Crippen molar-refractivity contribution >= 4 is 0 Å². The monoisotopic (exact) mass is 184 g/mol. The summed E-state index contributed by atoms with van der Waals surface area (Å²) >= 11 is 0. The molecule has 0 saturated heterocycles. The van der Waals surface area contributed by atoms with E-state index in [1.54, 1.807) is 0 Å². The van der Waals surface area contributed by atoms with Crippen molar-refractivity contribution in [1.82, 2.24) is 0 Å². The molecule has 0 unspecified atom stereocenters. The number of aryl methyl sites for hydroxylation is 1. The average Bonchev–Trinajstić information content (AvgIpc) is 2.40. The molecule has 0 heterocycles. The molecule has 0 saturated carbocycles. The highest BCUT2D eigenvalue weighted by Crippen LogP contribution is 2.28. The van der Waals surface area contributed by atoms with E-state index in [4.69, 9.17) is 0 Å². The van der Waals surface area contributed by atoms with Crippen LogP contribution in [0.4, 0.5) is 0 Å². The zero-order valence-electron chi connectivity index (χ0n) is 9.04. The Balaban J connectivity index is 2.64. The van der Waals surface area contributed by atoms with Gasteiger partial charge in [0.05, 0.1) is 0 Å². The van der Waals surface area contributed by atoms with Gasteiger partial charge < -0.3 is 0 Å². The Morgan fingerprint density at radius 2 is 1.79 bits per heavy atom. The summed E-state index contributed by atoms with van der Waals surface area (Å²) in [5.41, 5.74) is 5.51. The first-order valence-corrected chi connectivity index (χ1v) is 5.18. The van der Waals surface area contributed by atoms with E-state index in [1.807, 2.05) is 0 Å². The average molecular weight is 184 g/mol. The van der Waals surface area contributed by atoms with Gasteiger partial charge in [-0.1, -0.05) is 50.2 Å². The Morgan fingerprint density at radius 3 is 2.50 bits per heavy atom. The molecule has 0 radical (unpaired) electrons. The quantitative estimate of drug-likeness (QED) is 0.622. The number of hydrogen-bond donors (Lipinski definition) is 0. The molecule has 14 heavy (non-hydrogen) atoms. The SMILES string of the molecule is Cc1ccc2cccc(C(C)C)cc1-2. The first-order chi connectivity index (χ1) is 6.68. The lowest BCUT2D eigenvalue weighted by molar-refractivity contribution is 0.869. The van der Waals surface area contributed by atoms with E-state index < -0.39 is 0 Å². The van der Waals surface area contributed by atoms with Crippen molar-refractivity contribution in [3.8, 4) is 11.1 Å². The summed E-state index contributed by atoms with van der Waals surface area (Å²) in [7, 11) is 0. The van der Waals surface area contributed by atoms with E-state index in [9.17, 15) is 0 Å². The molecule has 0 aromatic heterocycles. The zero-order chi connectivity index (χ0) is 10.1. The fraction of sp³-hybridized carbons (Fsp3) is 0.286. The molecule has 0 aromatic carbocycles. The van der Waals surface area contributed by atoms with Crippen LogP contribution in [0.25, 0.3) is 11.1 Å². The van der Waals surface area contributed by atoms with Gasteiger partial charge in [0, 0.05) is 0 Å². The standard InChI is InChI=1S/C14H16/c1-10(2)13-6-4-5-12-8-7-11(3)14(12)9-13/h4-10H,1-3H3. The molecule has 0 atom stereocenters. The summed E-state index contributed by atoms with van der Waals surface area (Å²) in [4.78, 5) is 0. The lowest BCUT2D eigenvalue weighted by Crippen LogP contribution is -1.83. The van der Waals surface area contributed by atoms with Crippen LogP contribution in [0.2, 0.25) is 0 Å². The van der Waals surface area contributed by atoms with E-state index >= 15 is 0 Å². The molecule has 2 aliphatic rings. The summed E-state index contributed by atoms with van der Waals surface area (Å²) in [6, 6.07) is 13.2. The highest BCUT2D eigenvalue weighted by Gasteiger charge is 2.06. The maximum absolute atomic E-state index is 2.31. The van der Waals surface area contributed by atoms with Crippen molar-refractivity contribution in [2.24, 2.45) is 0 Å². The van der Waals surface area contributed by atoms with Gasteiger partial charge in [0.15, 0.2) is 0 Å². The molecule has 0 spiro atoms. The molecule has 72 valence electrons. The molecule has 2 rings (SSSR count). The minimum absolute atomic E-state index is 0.597. The van der Waals surface area contributed by atoms with Crippen LogP contribution < -0.4 is 0 Å². The summed E-state index contributed by atoms with van der Waals surface area (Å²) in [6.45, 7) is 6.64. The van der Waals surface area contributed by atoms with Crippen LogP contribution in [-0.2, 0) is 0 Å². The fourth-order valence-corrected chi connectivity index (χ4v) is 1.80. The van der Waals surface area contributed by atoms with Gasteiger partial charge in [0.1, 0.15) is 0 Å². The lowest BCUT2D eigenvalue weighted by atomic mass is 10.0. The number of hydrogen-bond acceptors (Lipinski definition) is 0. The summed E-state index contributed by atoms with van der Waals surface area (Å²) in [5, 5.41) is 0. The Kier molecular flexibility index (Phi) is 2.28. The summed E-state index contributed by atoms with van der Waals surface area (Å²) < 4.78 is 0. The first-order valence-electron chi connectivity index (χ1n) is 5.18. The first kappa shape index (κ1) is 9.26. The molecule has 0 fully saturated rings. The third kappa shape index (κ3) is 1.52. The normalized spacial score (nSPS) is 11.1. The smallest absolute Gasteiger partial charge is 0.0152 e. The second kappa shape index (κ2) is 3.45. The van der Waals surface area contributed by atoms with Gasteiger partial charge in [0.2, 0.25) is 0 Å². The number of rotatable bonds is 1. The van der Waals surface area contributed by atoms with E-state index in [0.29, 0.717) is 5.92 Å². The van der Waals surface area contributed by atoms with Gasteiger partial charge >= 0.3 is 0 Å². The van der Waals surface area contributed by atoms with E-state index in [-0.39, 0.29) is 0 Å². The molecular weight excluding hydrogens is 168 g/mol. The Bertz CT molecular complexity index is 413.